The Kier molecular flexibility index (Phi) is 3.99. The fourth-order valence-electron chi connectivity index (χ4n) is 3.84. The van der Waals surface area contributed by atoms with E-state index in [-0.39, 0.29) is 5.78 Å². The van der Waals surface area contributed by atoms with E-state index in [0.29, 0.717) is 17.5 Å². The van der Waals surface area contributed by atoms with Crippen LogP contribution in [0.3, 0.4) is 0 Å². The van der Waals surface area contributed by atoms with Gasteiger partial charge in [0.25, 0.3) is 0 Å². The second-order valence-electron chi connectivity index (χ2n) is 7.59. The lowest BCUT2D eigenvalue weighted by molar-refractivity contribution is 0.107. The van der Waals surface area contributed by atoms with Crippen LogP contribution in [0.1, 0.15) is 66.6 Å². The van der Waals surface area contributed by atoms with Gasteiger partial charge in [0.1, 0.15) is 5.71 Å². The van der Waals surface area contributed by atoms with E-state index in [4.69, 9.17) is 4.99 Å². The number of carbonyl (C=O) groups is 1. The van der Waals surface area contributed by atoms with Gasteiger partial charge in [0.05, 0.1) is 5.69 Å². The van der Waals surface area contributed by atoms with Gasteiger partial charge in [-0.2, -0.15) is 0 Å². The summed E-state index contributed by atoms with van der Waals surface area (Å²) in [6, 6.07) is 18.3. The molecular weight excluding hydrogens is 318 g/mol. The molecule has 1 aliphatic rings. The molecule has 0 fully saturated rings. The number of para-hydroxylation sites is 1. The first-order valence-corrected chi connectivity index (χ1v) is 9.27. The van der Waals surface area contributed by atoms with Gasteiger partial charge in [-0.3, -0.25) is 4.79 Å². The molecule has 2 heteroatoms. The Morgan fingerprint density at radius 3 is 1.85 bits per heavy atom. The van der Waals surface area contributed by atoms with Gasteiger partial charge >= 0.3 is 0 Å². The molecule has 0 saturated heterocycles. The topological polar surface area (TPSA) is 29.4 Å². The van der Waals surface area contributed by atoms with E-state index in [1.54, 1.807) is 0 Å². The predicted molar refractivity (Wildman–Crippen MR) is 109 cm³/mol. The van der Waals surface area contributed by atoms with Crippen LogP contribution in [0.5, 0.6) is 0 Å². The van der Waals surface area contributed by atoms with E-state index in [2.05, 4.69) is 58.0 Å². The molecule has 3 aromatic carbocycles. The molecule has 3 aromatic rings. The Balaban J connectivity index is 2.00. The molecule has 0 spiro atoms. The molecule has 4 rings (SSSR count). The Morgan fingerprint density at radius 2 is 1.27 bits per heavy atom. The number of nitrogens with zero attached hydrogens (tertiary/aromatic N) is 1. The van der Waals surface area contributed by atoms with Crippen molar-refractivity contribution in [1.82, 2.24) is 0 Å². The lowest BCUT2D eigenvalue weighted by Gasteiger charge is -2.17. The van der Waals surface area contributed by atoms with E-state index >= 15 is 0 Å². The van der Waals surface area contributed by atoms with Crippen LogP contribution in [0.2, 0.25) is 0 Å². The van der Waals surface area contributed by atoms with Crippen molar-refractivity contribution in [3.63, 3.8) is 0 Å². The van der Waals surface area contributed by atoms with E-state index in [1.807, 2.05) is 24.3 Å². The van der Waals surface area contributed by atoms with Crippen LogP contribution in [0.4, 0.5) is 5.69 Å². The van der Waals surface area contributed by atoms with Crippen molar-refractivity contribution < 1.29 is 4.79 Å². The zero-order valence-electron chi connectivity index (χ0n) is 15.7. The zero-order valence-corrected chi connectivity index (χ0v) is 15.7. The second-order valence-corrected chi connectivity index (χ2v) is 7.59. The third-order valence-electron chi connectivity index (χ3n) is 5.19. The van der Waals surface area contributed by atoms with Crippen molar-refractivity contribution in [2.24, 2.45) is 4.99 Å². The standard InChI is InChI=1S/C24H23NO/c1-14(2)17-10-7-11-18(15(3)4)22(17)25-23-19-12-5-8-16-9-6-13-20(21(16)19)24(23)26/h5-15H,1-4H3. The maximum atomic E-state index is 13.1. The van der Waals surface area contributed by atoms with Gasteiger partial charge in [-0.25, -0.2) is 4.99 Å². The van der Waals surface area contributed by atoms with Gasteiger partial charge in [-0.05, 0) is 28.3 Å². The minimum absolute atomic E-state index is 0.0325. The first kappa shape index (κ1) is 16.7. The summed E-state index contributed by atoms with van der Waals surface area (Å²) < 4.78 is 0. The molecule has 0 N–H and O–H groups in total. The third kappa shape index (κ3) is 2.48. The molecule has 0 amide bonds. The molecule has 0 aliphatic heterocycles. The maximum Gasteiger partial charge on any atom is 0.212 e. The summed E-state index contributed by atoms with van der Waals surface area (Å²) in [7, 11) is 0. The van der Waals surface area contributed by atoms with Crippen LogP contribution in [0.15, 0.2) is 59.6 Å². The highest BCUT2D eigenvalue weighted by Gasteiger charge is 2.29. The molecule has 26 heavy (non-hydrogen) atoms. The van der Waals surface area contributed by atoms with Gasteiger partial charge in [0.2, 0.25) is 5.78 Å². The predicted octanol–water partition coefficient (Wildman–Crippen LogP) is 6.40. The molecule has 0 atom stereocenters. The van der Waals surface area contributed by atoms with Crippen LogP contribution in [-0.2, 0) is 0 Å². The fourth-order valence-corrected chi connectivity index (χ4v) is 3.84. The molecule has 0 bridgehead atoms. The Hall–Kier alpha value is -2.74. The maximum absolute atomic E-state index is 13.1. The summed E-state index contributed by atoms with van der Waals surface area (Å²) in [5.74, 6) is 0.732. The second kappa shape index (κ2) is 6.21. The minimum Gasteiger partial charge on any atom is -0.287 e. The van der Waals surface area contributed by atoms with Crippen LogP contribution < -0.4 is 0 Å². The number of benzene rings is 3. The average Bonchev–Trinajstić information content (AvgIpc) is 2.90. The minimum atomic E-state index is 0.0325. The quantitative estimate of drug-likeness (QED) is 0.541. The number of Topliss-reactive ketones (excluding diaryl/α,β-unsaturated/α-hetero) is 1. The molecule has 0 aromatic heterocycles. The summed E-state index contributed by atoms with van der Waals surface area (Å²) in [6.45, 7) is 8.70. The molecule has 1 aliphatic carbocycles. The van der Waals surface area contributed by atoms with Crippen LogP contribution in [0, 0.1) is 0 Å². The van der Waals surface area contributed by atoms with Gasteiger partial charge < -0.3 is 0 Å². The monoisotopic (exact) mass is 341 g/mol. The zero-order chi connectivity index (χ0) is 18.4. The Bertz CT molecular complexity index is 1030. The van der Waals surface area contributed by atoms with E-state index in [1.165, 1.54) is 11.1 Å². The van der Waals surface area contributed by atoms with Gasteiger partial charge in [-0.1, -0.05) is 82.3 Å². The third-order valence-corrected chi connectivity index (χ3v) is 5.19. The van der Waals surface area contributed by atoms with Crippen molar-refractivity contribution in [3.05, 3.63) is 76.9 Å². The summed E-state index contributed by atoms with van der Waals surface area (Å²) in [5.41, 5.74) is 5.65. The van der Waals surface area contributed by atoms with E-state index < -0.39 is 0 Å². The molecule has 0 saturated carbocycles. The first-order valence-electron chi connectivity index (χ1n) is 9.27. The SMILES string of the molecule is CC(C)c1cccc(C(C)C)c1N=C1C(=O)c2cccc3cccc1c23. The molecule has 130 valence electrons. The highest BCUT2D eigenvalue weighted by atomic mass is 16.1. The highest BCUT2D eigenvalue weighted by Crippen LogP contribution is 2.38. The number of carbonyl (C=O) groups excluding carboxylic acids is 1. The fraction of sp³-hybridized carbons (Fsp3) is 0.250. The highest BCUT2D eigenvalue weighted by molar-refractivity contribution is 6.59. The lowest BCUT2D eigenvalue weighted by Crippen LogP contribution is -2.09. The first-order chi connectivity index (χ1) is 12.5. The number of hydrogen-bond acceptors (Lipinski definition) is 2. The largest absolute Gasteiger partial charge is 0.287 e. The molecule has 0 heterocycles. The molecular formula is C24H23NO. The lowest BCUT2D eigenvalue weighted by atomic mass is 9.92. The summed E-state index contributed by atoms with van der Waals surface area (Å²) in [4.78, 5) is 18.1. The molecule has 2 nitrogen and oxygen atoms in total. The molecule has 0 unspecified atom stereocenters. The molecule has 0 radical (unpaired) electrons. The number of rotatable bonds is 3. The van der Waals surface area contributed by atoms with Crippen molar-refractivity contribution in [3.8, 4) is 0 Å². The Morgan fingerprint density at radius 1 is 0.731 bits per heavy atom. The summed E-state index contributed by atoms with van der Waals surface area (Å²) in [5, 5.41) is 2.13. The summed E-state index contributed by atoms with van der Waals surface area (Å²) in [6.07, 6.45) is 0. The number of hydrogen-bond donors (Lipinski definition) is 0. The smallest absolute Gasteiger partial charge is 0.212 e. The van der Waals surface area contributed by atoms with Crippen LogP contribution in [0.25, 0.3) is 10.8 Å². The van der Waals surface area contributed by atoms with Crippen molar-refractivity contribution in [2.45, 2.75) is 39.5 Å². The van der Waals surface area contributed by atoms with Crippen LogP contribution >= 0.6 is 0 Å². The normalized spacial score (nSPS) is 15.0. The number of ketones is 1. The van der Waals surface area contributed by atoms with Gasteiger partial charge in [0, 0.05) is 16.5 Å². The van der Waals surface area contributed by atoms with Crippen molar-refractivity contribution >= 4 is 28.0 Å². The average molecular weight is 341 g/mol. The van der Waals surface area contributed by atoms with Gasteiger partial charge in [0.15, 0.2) is 0 Å². The van der Waals surface area contributed by atoms with E-state index in [9.17, 15) is 4.79 Å². The summed E-state index contributed by atoms with van der Waals surface area (Å²) >= 11 is 0. The van der Waals surface area contributed by atoms with E-state index in [0.717, 1.165) is 27.6 Å². The van der Waals surface area contributed by atoms with Crippen molar-refractivity contribution in [2.75, 3.05) is 0 Å². The number of aliphatic imine (C=N–C) groups is 1. The van der Waals surface area contributed by atoms with Crippen LogP contribution in [-0.4, -0.2) is 11.5 Å². The van der Waals surface area contributed by atoms with Crippen molar-refractivity contribution in [1.29, 1.82) is 0 Å². The Labute approximate surface area is 154 Å². The van der Waals surface area contributed by atoms with Gasteiger partial charge in [-0.15, -0.1) is 0 Å².